The van der Waals surface area contributed by atoms with Crippen molar-refractivity contribution in [3.63, 3.8) is 0 Å². The molecule has 4 aromatic rings. The van der Waals surface area contributed by atoms with Crippen LogP contribution in [-0.4, -0.2) is 4.98 Å². The maximum atomic E-state index is 8.54. The molecular weight excluding hydrogens is 460 g/mol. The number of aryl methyl sites for hydroxylation is 4. The molecule has 1 spiro atoms. The molecule has 0 atom stereocenters. The monoisotopic (exact) mass is 502 g/mol. The Morgan fingerprint density at radius 2 is 1.55 bits per heavy atom. The van der Waals surface area contributed by atoms with Gasteiger partial charge < -0.3 is 4.98 Å². The summed E-state index contributed by atoms with van der Waals surface area (Å²) in [4.78, 5) is 8.28. The molecule has 2 heteroatoms. The minimum absolute atomic E-state index is 0.186. The average molecular weight is 503 g/mol. The summed E-state index contributed by atoms with van der Waals surface area (Å²) in [5.41, 5.74) is 14.3. The molecule has 2 aliphatic rings. The molecule has 1 fully saturated rings. The van der Waals surface area contributed by atoms with Crippen molar-refractivity contribution in [2.75, 3.05) is 0 Å². The highest BCUT2D eigenvalue weighted by Crippen LogP contribution is 2.59. The third kappa shape index (κ3) is 3.37. The zero-order valence-corrected chi connectivity index (χ0v) is 24.2. The molecule has 6 rings (SSSR count). The van der Waals surface area contributed by atoms with Gasteiger partial charge in [-0.15, -0.1) is 0 Å². The van der Waals surface area contributed by atoms with Gasteiger partial charge in [-0.25, -0.2) is 4.85 Å². The van der Waals surface area contributed by atoms with Crippen LogP contribution >= 0.6 is 0 Å². The molecule has 2 nitrogen and oxygen atoms in total. The summed E-state index contributed by atoms with van der Waals surface area (Å²) in [5, 5.41) is 2.77. The molecule has 196 valence electrons. The summed E-state index contributed by atoms with van der Waals surface area (Å²) in [7, 11) is 0. The van der Waals surface area contributed by atoms with E-state index in [4.69, 9.17) is 6.57 Å². The number of hydrogen-bond acceptors (Lipinski definition) is 0. The van der Waals surface area contributed by atoms with E-state index in [0.29, 0.717) is 0 Å². The minimum atomic E-state index is 0.186. The van der Waals surface area contributed by atoms with Crippen LogP contribution in [0.15, 0.2) is 30.3 Å². The Morgan fingerprint density at radius 3 is 2.16 bits per heavy atom. The summed E-state index contributed by atoms with van der Waals surface area (Å²) in [6.45, 7) is 22.2. The number of aromatic nitrogens is 1. The summed E-state index contributed by atoms with van der Waals surface area (Å²) >= 11 is 0. The summed E-state index contributed by atoms with van der Waals surface area (Å²) in [6.07, 6.45) is 10.8. The summed E-state index contributed by atoms with van der Waals surface area (Å²) in [6, 6.07) is 11.8. The van der Waals surface area contributed by atoms with Crippen molar-refractivity contribution in [1.82, 2.24) is 4.98 Å². The second-order valence-corrected chi connectivity index (χ2v) is 12.4. The number of benzene rings is 3. The topological polar surface area (TPSA) is 20.1 Å². The third-order valence-electron chi connectivity index (χ3n) is 10.8. The number of fused-ring (bicyclic) bond motifs is 6. The van der Waals surface area contributed by atoms with Crippen molar-refractivity contribution in [3.05, 3.63) is 75.1 Å². The lowest BCUT2D eigenvalue weighted by molar-refractivity contribution is 0.382. The number of aromatic amines is 1. The molecule has 1 N–H and O–H groups in total. The van der Waals surface area contributed by atoms with E-state index < -0.39 is 0 Å². The molecule has 2 aliphatic carbocycles. The van der Waals surface area contributed by atoms with Gasteiger partial charge in [-0.2, -0.15) is 0 Å². The maximum Gasteiger partial charge on any atom is 0.200 e. The van der Waals surface area contributed by atoms with E-state index in [2.05, 4.69) is 81.7 Å². The Bertz CT molecular complexity index is 1580. The van der Waals surface area contributed by atoms with Crippen LogP contribution in [0.3, 0.4) is 0 Å². The summed E-state index contributed by atoms with van der Waals surface area (Å²) in [5.74, 6) is 0. The standard InChI is InChI=1S/C36H42N2/c1-8-35(9-2,10-3)25-13-14-28-27(21-25)30-26-15-18-36(16-11-12-17-36)32(26)34(37-7)31(33(30)38-28)29-23(5)19-22(4)20-24(29)6/h13-14,19-21,38H,8-12,15-18H2,1-6H3. The van der Waals surface area contributed by atoms with Gasteiger partial charge in [-0.05, 0) is 122 Å². The van der Waals surface area contributed by atoms with Crippen molar-refractivity contribution in [2.24, 2.45) is 0 Å². The largest absolute Gasteiger partial charge is 0.355 e. The van der Waals surface area contributed by atoms with Gasteiger partial charge in [-0.3, -0.25) is 0 Å². The van der Waals surface area contributed by atoms with Crippen LogP contribution in [0.4, 0.5) is 5.69 Å². The quantitative estimate of drug-likeness (QED) is 0.262. The van der Waals surface area contributed by atoms with Crippen molar-refractivity contribution in [1.29, 1.82) is 0 Å². The number of rotatable bonds is 5. The fourth-order valence-electron chi connectivity index (χ4n) is 8.69. The fraction of sp³-hybridized carbons (Fsp3) is 0.472. The molecule has 1 heterocycles. The zero-order valence-electron chi connectivity index (χ0n) is 24.2. The van der Waals surface area contributed by atoms with Crippen molar-refractivity contribution >= 4 is 27.5 Å². The van der Waals surface area contributed by atoms with Crippen LogP contribution in [0, 0.1) is 27.3 Å². The first-order chi connectivity index (χ1) is 18.3. The first-order valence-electron chi connectivity index (χ1n) is 14.9. The van der Waals surface area contributed by atoms with Gasteiger partial charge in [0.05, 0.1) is 6.57 Å². The average Bonchev–Trinajstić information content (AvgIpc) is 3.63. The van der Waals surface area contributed by atoms with Gasteiger partial charge in [0.15, 0.2) is 0 Å². The smallest absolute Gasteiger partial charge is 0.200 e. The first kappa shape index (κ1) is 25.2. The SMILES string of the molecule is [C-]#[N+]c1c2c(c3c([nH]c4ccc(C(CC)(CC)CC)cc43)c1-c1c(C)cc(C)cc1C)CCC21CCCC1. The molecule has 0 unspecified atom stereocenters. The van der Waals surface area contributed by atoms with Crippen LogP contribution in [0.5, 0.6) is 0 Å². The van der Waals surface area contributed by atoms with Crippen molar-refractivity contribution in [3.8, 4) is 11.1 Å². The molecule has 1 saturated carbocycles. The maximum absolute atomic E-state index is 8.54. The zero-order chi connectivity index (χ0) is 26.8. The number of hydrogen-bond donors (Lipinski definition) is 1. The highest BCUT2D eigenvalue weighted by Gasteiger charge is 2.45. The van der Waals surface area contributed by atoms with Gasteiger partial charge >= 0.3 is 0 Å². The summed E-state index contributed by atoms with van der Waals surface area (Å²) < 4.78 is 0. The second kappa shape index (κ2) is 9.01. The first-order valence-corrected chi connectivity index (χ1v) is 14.9. The third-order valence-corrected chi connectivity index (χ3v) is 10.8. The van der Waals surface area contributed by atoms with Crippen LogP contribution in [-0.2, 0) is 17.3 Å². The molecule has 0 saturated heterocycles. The van der Waals surface area contributed by atoms with Crippen LogP contribution in [0.1, 0.15) is 106 Å². The fourth-order valence-corrected chi connectivity index (χ4v) is 8.69. The predicted octanol–water partition coefficient (Wildman–Crippen LogP) is 10.7. The Hall–Kier alpha value is -3.05. The molecule has 0 aliphatic heterocycles. The van der Waals surface area contributed by atoms with E-state index in [1.54, 1.807) is 0 Å². The number of nitrogens with zero attached hydrogens (tertiary/aromatic N) is 1. The molecular formula is C36H42N2. The Balaban J connectivity index is 1.79. The molecule has 0 radical (unpaired) electrons. The van der Waals surface area contributed by atoms with Crippen molar-refractivity contribution < 1.29 is 0 Å². The lowest BCUT2D eigenvalue weighted by Gasteiger charge is -2.31. The van der Waals surface area contributed by atoms with Crippen LogP contribution < -0.4 is 0 Å². The van der Waals surface area contributed by atoms with E-state index in [-0.39, 0.29) is 10.8 Å². The van der Waals surface area contributed by atoms with Gasteiger partial charge in [0, 0.05) is 27.4 Å². The Morgan fingerprint density at radius 1 is 0.895 bits per heavy atom. The molecule has 3 aromatic carbocycles. The van der Waals surface area contributed by atoms with E-state index in [1.165, 1.54) is 92.9 Å². The van der Waals surface area contributed by atoms with Gasteiger partial charge in [0.2, 0.25) is 5.69 Å². The minimum Gasteiger partial charge on any atom is -0.355 e. The van der Waals surface area contributed by atoms with Crippen LogP contribution in [0.2, 0.25) is 0 Å². The van der Waals surface area contributed by atoms with Gasteiger partial charge in [0.25, 0.3) is 0 Å². The predicted molar refractivity (Wildman–Crippen MR) is 163 cm³/mol. The van der Waals surface area contributed by atoms with Crippen molar-refractivity contribution in [2.45, 2.75) is 110 Å². The normalized spacial score (nSPS) is 16.6. The molecule has 1 aromatic heterocycles. The van der Waals surface area contributed by atoms with E-state index in [0.717, 1.165) is 36.9 Å². The highest BCUT2D eigenvalue weighted by molar-refractivity contribution is 6.18. The van der Waals surface area contributed by atoms with E-state index in [1.807, 2.05) is 0 Å². The highest BCUT2D eigenvalue weighted by atomic mass is 14.8. The number of nitrogens with one attached hydrogen (secondary N) is 1. The van der Waals surface area contributed by atoms with E-state index >= 15 is 0 Å². The molecule has 38 heavy (non-hydrogen) atoms. The van der Waals surface area contributed by atoms with Crippen LogP contribution in [0.25, 0.3) is 37.8 Å². The Labute approximate surface area is 228 Å². The lowest BCUT2D eigenvalue weighted by Crippen LogP contribution is -2.23. The van der Waals surface area contributed by atoms with Gasteiger partial charge in [-0.1, -0.05) is 57.4 Å². The number of H-pyrrole nitrogens is 1. The van der Waals surface area contributed by atoms with Gasteiger partial charge in [0.1, 0.15) is 0 Å². The Kier molecular flexibility index (Phi) is 5.99. The molecule has 0 bridgehead atoms. The lowest BCUT2D eigenvalue weighted by atomic mass is 9.73. The molecule has 0 amide bonds. The van der Waals surface area contributed by atoms with E-state index in [9.17, 15) is 0 Å². The second-order valence-electron chi connectivity index (χ2n) is 12.4.